The van der Waals surface area contributed by atoms with Crippen LogP contribution in [-0.2, 0) is 5.75 Å². The first kappa shape index (κ1) is 13.4. The summed E-state index contributed by atoms with van der Waals surface area (Å²) in [4.78, 5) is 4.98. The zero-order valence-electron chi connectivity index (χ0n) is 10.6. The van der Waals surface area contributed by atoms with Crippen molar-refractivity contribution in [1.82, 2.24) is 4.98 Å². The lowest BCUT2D eigenvalue weighted by molar-refractivity contribution is 0.171. The molecule has 0 radical (unpaired) electrons. The molecule has 1 aromatic heterocycles. The van der Waals surface area contributed by atoms with Gasteiger partial charge in [-0.05, 0) is 23.8 Å². The van der Waals surface area contributed by atoms with Gasteiger partial charge in [0.1, 0.15) is 13.2 Å². The van der Waals surface area contributed by atoms with Crippen molar-refractivity contribution in [2.75, 3.05) is 18.9 Å². The highest BCUT2D eigenvalue weighted by molar-refractivity contribution is 7.98. The molecule has 2 aromatic rings. The second kappa shape index (κ2) is 5.81. The molecule has 0 amide bonds. The number of ether oxygens (including phenoxy) is 2. The molecule has 1 aromatic carbocycles. The highest BCUT2D eigenvalue weighted by Crippen LogP contribution is 2.39. The SMILES string of the molecule is Nc1cnccc1SCc1cc(Cl)c2c(c1)OCCO2. The van der Waals surface area contributed by atoms with E-state index in [4.69, 9.17) is 26.8 Å². The molecule has 2 N–H and O–H groups in total. The van der Waals surface area contributed by atoms with Gasteiger partial charge in [0, 0.05) is 16.8 Å². The van der Waals surface area contributed by atoms with E-state index in [1.807, 2.05) is 18.2 Å². The average molecular weight is 309 g/mol. The maximum Gasteiger partial charge on any atom is 0.179 e. The summed E-state index contributed by atoms with van der Waals surface area (Å²) in [5, 5.41) is 0.584. The number of nitrogens with two attached hydrogens (primary N) is 1. The van der Waals surface area contributed by atoms with Crippen molar-refractivity contribution in [3.8, 4) is 11.5 Å². The lowest BCUT2D eigenvalue weighted by atomic mass is 10.2. The monoisotopic (exact) mass is 308 g/mol. The molecule has 0 saturated carbocycles. The van der Waals surface area contributed by atoms with Gasteiger partial charge in [-0.1, -0.05) is 11.6 Å². The Balaban J connectivity index is 1.78. The van der Waals surface area contributed by atoms with Gasteiger partial charge in [0.25, 0.3) is 0 Å². The van der Waals surface area contributed by atoms with Crippen LogP contribution in [0.25, 0.3) is 0 Å². The Morgan fingerprint density at radius 3 is 3.00 bits per heavy atom. The number of pyridine rings is 1. The van der Waals surface area contributed by atoms with Crippen LogP contribution < -0.4 is 15.2 Å². The molecule has 3 rings (SSSR count). The Morgan fingerprint density at radius 1 is 1.30 bits per heavy atom. The van der Waals surface area contributed by atoms with E-state index in [1.165, 1.54) is 0 Å². The normalized spacial score (nSPS) is 13.2. The van der Waals surface area contributed by atoms with Gasteiger partial charge in [-0.3, -0.25) is 4.98 Å². The molecule has 2 heterocycles. The standard InChI is InChI=1S/C14H13ClN2O2S/c15-10-5-9(6-12-14(10)19-4-3-18-12)8-20-13-1-2-17-7-11(13)16/h1-2,5-7H,3-4,8,16H2. The first-order valence-electron chi connectivity index (χ1n) is 6.14. The van der Waals surface area contributed by atoms with E-state index >= 15 is 0 Å². The van der Waals surface area contributed by atoms with E-state index in [1.54, 1.807) is 24.2 Å². The van der Waals surface area contributed by atoms with Crippen molar-refractivity contribution in [2.24, 2.45) is 0 Å². The van der Waals surface area contributed by atoms with E-state index in [2.05, 4.69) is 4.98 Å². The van der Waals surface area contributed by atoms with E-state index in [0.29, 0.717) is 35.4 Å². The summed E-state index contributed by atoms with van der Waals surface area (Å²) in [5.74, 6) is 2.10. The maximum atomic E-state index is 6.21. The average Bonchev–Trinajstić information content (AvgIpc) is 2.46. The molecule has 104 valence electrons. The Morgan fingerprint density at radius 2 is 2.15 bits per heavy atom. The van der Waals surface area contributed by atoms with Crippen molar-refractivity contribution < 1.29 is 9.47 Å². The lowest BCUT2D eigenvalue weighted by Crippen LogP contribution is -2.15. The van der Waals surface area contributed by atoms with E-state index in [9.17, 15) is 0 Å². The number of halogens is 1. The Kier molecular flexibility index (Phi) is 3.89. The number of hydrogen-bond acceptors (Lipinski definition) is 5. The molecule has 1 aliphatic rings. The number of benzene rings is 1. The molecule has 0 saturated heterocycles. The third-order valence-electron chi connectivity index (χ3n) is 2.86. The molecule has 0 spiro atoms. The molecular weight excluding hydrogens is 296 g/mol. The number of fused-ring (bicyclic) bond motifs is 1. The van der Waals surface area contributed by atoms with Crippen LogP contribution in [0, 0.1) is 0 Å². The fraction of sp³-hybridized carbons (Fsp3) is 0.214. The van der Waals surface area contributed by atoms with E-state index < -0.39 is 0 Å². The smallest absolute Gasteiger partial charge is 0.179 e. The van der Waals surface area contributed by atoms with Gasteiger partial charge < -0.3 is 15.2 Å². The molecule has 0 unspecified atom stereocenters. The van der Waals surface area contributed by atoms with Gasteiger partial charge >= 0.3 is 0 Å². The molecular formula is C14H13ClN2O2S. The second-order valence-corrected chi connectivity index (χ2v) is 5.73. The van der Waals surface area contributed by atoms with Crippen LogP contribution >= 0.6 is 23.4 Å². The van der Waals surface area contributed by atoms with Gasteiger partial charge in [0.2, 0.25) is 0 Å². The van der Waals surface area contributed by atoms with Crippen molar-refractivity contribution >= 4 is 29.1 Å². The molecule has 0 bridgehead atoms. The molecule has 0 aliphatic carbocycles. The van der Waals surface area contributed by atoms with Crippen LogP contribution in [0.4, 0.5) is 5.69 Å². The van der Waals surface area contributed by atoms with Crippen LogP contribution in [0.3, 0.4) is 0 Å². The summed E-state index contributed by atoms with van der Waals surface area (Å²) >= 11 is 7.85. The topological polar surface area (TPSA) is 57.4 Å². The zero-order valence-corrected chi connectivity index (χ0v) is 12.2. The third kappa shape index (κ3) is 2.78. The summed E-state index contributed by atoms with van der Waals surface area (Å²) < 4.78 is 11.1. The minimum Gasteiger partial charge on any atom is -0.486 e. The van der Waals surface area contributed by atoms with Gasteiger partial charge in [-0.2, -0.15) is 0 Å². The summed E-state index contributed by atoms with van der Waals surface area (Å²) in [6.45, 7) is 1.09. The number of hydrogen-bond donors (Lipinski definition) is 1. The highest BCUT2D eigenvalue weighted by atomic mass is 35.5. The number of nitrogens with zero attached hydrogens (tertiary/aromatic N) is 1. The van der Waals surface area contributed by atoms with E-state index in [-0.39, 0.29) is 0 Å². The Hall–Kier alpha value is -1.59. The van der Waals surface area contributed by atoms with Crippen molar-refractivity contribution in [3.63, 3.8) is 0 Å². The minimum absolute atomic E-state index is 0.536. The molecule has 4 nitrogen and oxygen atoms in total. The second-order valence-electron chi connectivity index (χ2n) is 4.30. The first-order valence-corrected chi connectivity index (χ1v) is 7.50. The molecule has 0 fully saturated rings. The van der Waals surface area contributed by atoms with Crippen molar-refractivity contribution in [3.05, 3.63) is 41.2 Å². The number of nitrogen functional groups attached to an aromatic ring is 1. The van der Waals surface area contributed by atoms with Crippen LogP contribution in [0.1, 0.15) is 5.56 Å². The summed E-state index contributed by atoms with van der Waals surface area (Å²) in [6, 6.07) is 5.77. The Labute approximate surface area is 126 Å². The quantitative estimate of drug-likeness (QED) is 0.881. The van der Waals surface area contributed by atoms with Crippen LogP contribution in [-0.4, -0.2) is 18.2 Å². The van der Waals surface area contributed by atoms with Gasteiger partial charge in [0.05, 0.1) is 16.9 Å². The first-order chi connectivity index (χ1) is 9.74. The predicted octanol–water partition coefficient (Wildman–Crippen LogP) is 3.38. The summed E-state index contributed by atoms with van der Waals surface area (Å²) in [5.41, 5.74) is 7.62. The Bertz CT molecular complexity index is 637. The van der Waals surface area contributed by atoms with Crippen molar-refractivity contribution in [2.45, 2.75) is 10.6 Å². The van der Waals surface area contributed by atoms with Gasteiger partial charge in [-0.15, -0.1) is 11.8 Å². The number of aromatic nitrogens is 1. The van der Waals surface area contributed by atoms with Gasteiger partial charge in [0.15, 0.2) is 11.5 Å². The fourth-order valence-corrected chi connectivity index (χ4v) is 3.09. The fourth-order valence-electron chi connectivity index (χ4n) is 1.93. The van der Waals surface area contributed by atoms with Crippen LogP contribution in [0.5, 0.6) is 11.5 Å². The highest BCUT2D eigenvalue weighted by Gasteiger charge is 2.16. The molecule has 0 atom stereocenters. The summed E-state index contributed by atoms with van der Waals surface area (Å²) in [6.07, 6.45) is 3.38. The van der Waals surface area contributed by atoms with Crippen molar-refractivity contribution in [1.29, 1.82) is 0 Å². The van der Waals surface area contributed by atoms with Crippen LogP contribution in [0.15, 0.2) is 35.5 Å². The predicted molar refractivity (Wildman–Crippen MR) is 80.7 cm³/mol. The molecule has 6 heteroatoms. The third-order valence-corrected chi connectivity index (χ3v) is 4.30. The number of rotatable bonds is 3. The number of thioether (sulfide) groups is 1. The molecule has 1 aliphatic heterocycles. The summed E-state index contributed by atoms with van der Waals surface area (Å²) in [7, 11) is 0. The lowest BCUT2D eigenvalue weighted by Gasteiger charge is -2.20. The van der Waals surface area contributed by atoms with E-state index in [0.717, 1.165) is 16.2 Å². The van der Waals surface area contributed by atoms with Gasteiger partial charge in [-0.25, -0.2) is 0 Å². The maximum absolute atomic E-state index is 6.21. The van der Waals surface area contributed by atoms with Crippen LogP contribution in [0.2, 0.25) is 5.02 Å². The minimum atomic E-state index is 0.536. The zero-order chi connectivity index (χ0) is 13.9. The largest absolute Gasteiger partial charge is 0.486 e. The number of anilines is 1. The molecule has 20 heavy (non-hydrogen) atoms.